The van der Waals surface area contributed by atoms with Crippen LogP contribution < -0.4 is 14.4 Å². The minimum absolute atomic E-state index is 0.207. The van der Waals surface area contributed by atoms with Gasteiger partial charge in [0.15, 0.2) is 11.5 Å². The Balaban J connectivity index is 1.13. The van der Waals surface area contributed by atoms with Crippen LogP contribution in [0.4, 0.5) is 10.1 Å². The molecule has 3 aromatic rings. The quantitative estimate of drug-likeness (QED) is 0.449. The first-order valence-corrected chi connectivity index (χ1v) is 12.6. The molecule has 190 valence electrons. The van der Waals surface area contributed by atoms with Gasteiger partial charge in [0, 0.05) is 50.4 Å². The van der Waals surface area contributed by atoms with Crippen molar-refractivity contribution in [3.63, 3.8) is 0 Å². The van der Waals surface area contributed by atoms with Crippen LogP contribution in [0, 0.1) is 5.82 Å². The molecular formula is C28H25ClFN3O4. The third-order valence-corrected chi connectivity index (χ3v) is 7.49. The summed E-state index contributed by atoms with van der Waals surface area (Å²) in [6.07, 6.45) is 0.402. The highest BCUT2D eigenvalue weighted by Gasteiger charge is 2.38. The molecule has 37 heavy (non-hydrogen) atoms. The summed E-state index contributed by atoms with van der Waals surface area (Å²) in [6.45, 7) is 4.08. The fourth-order valence-corrected chi connectivity index (χ4v) is 5.40. The van der Waals surface area contributed by atoms with Crippen LogP contribution in [0.1, 0.15) is 31.8 Å². The minimum atomic E-state index is -0.331. The van der Waals surface area contributed by atoms with Crippen LogP contribution in [0.3, 0.4) is 0 Å². The second-order valence-corrected chi connectivity index (χ2v) is 9.81. The van der Waals surface area contributed by atoms with Crippen molar-refractivity contribution in [3.05, 3.63) is 87.7 Å². The molecule has 3 heterocycles. The van der Waals surface area contributed by atoms with Crippen LogP contribution in [0.5, 0.6) is 11.5 Å². The Labute approximate surface area is 218 Å². The number of rotatable bonds is 6. The van der Waals surface area contributed by atoms with Crippen molar-refractivity contribution in [1.82, 2.24) is 9.80 Å². The average Bonchev–Trinajstić information content (AvgIpc) is 3.45. The fraction of sp³-hybridized carbons (Fsp3) is 0.286. The Morgan fingerprint density at radius 1 is 0.892 bits per heavy atom. The number of imide groups is 1. The van der Waals surface area contributed by atoms with Crippen LogP contribution in [0.2, 0.25) is 5.02 Å². The lowest BCUT2D eigenvalue weighted by atomic mass is 10.1. The molecule has 7 nitrogen and oxygen atoms in total. The highest BCUT2D eigenvalue weighted by Crippen LogP contribution is 2.37. The second kappa shape index (κ2) is 9.68. The summed E-state index contributed by atoms with van der Waals surface area (Å²) >= 11 is 6.47. The lowest BCUT2D eigenvalue weighted by Gasteiger charge is -2.36. The molecule has 3 aliphatic heterocycles. The maximum absolute atomic E-state index is 13.5. The molecule has 6 rings (SSSR count). The summed E-state index contributed by atoms with van der Waals surface area (Å²) < 4.78 is 24.4. The zero-order valence-corrected chi connectivity index (χ0v) is 20.8. The summed E-state index contributed by atoms with van der Waals surface area (Å²) in [5.41, 5.74) is 3.39. The molecule has 0 unspecified atom stereocenters. The molecule has 0 atom stereocenters. The lowest BCUT2D eigenvalue weighted by Crippen LogP contribution is -2.46. The molecule has 0 N–H and O–H groups in total. The van der Waals surface area contributed by atoms with E-state index in [4.69, 9.17) is 21.1 Å². The molecule has 0 spiro atoms. The topological polar surface area (TPSA) is 62.3 Å². The largest absolute Gasteiger partial charge is 0.454 e. The summed E-state index contributed by atoms with van der Waals surface area (Å²) in [4.78, 5) is 32.2. The van der Waals surface area contributed by atoms with Gasteiger partial charge < -0.3 is 14.4 Å². The summed E-state index contributed by atoms with van der Waals surface area (Å²) in [5, 5.41) is 0.648. The third-order valence-electron chi connectivity index (χ3n) is 7.14. The number of halogens is 2. The van der Waals surface area contributed by atoms with E-state index in [2.05, 4.69) is 9.80 Å². The van der Waals surface area contributed by atoms with Crippen molar-refractivity contribution < 1.29 is 23.5 Å². The Kier molecular flexibility index (Phi) is 6.22. The number of carbonyl (C=O) groups is 2. The van der Waals surface area contributed by atoms with Crippen LogP contribution in [-0.2, 0) is 13.0 Å². The van der Waals surface area contributed by atoms with Gasteiger partial charge in [0.1, 0.15) is 5.82 Å². The standard InChI is InChI=1S/C28H25ClFN3O4/c29-22-15-25-24(36-17-37-25)14-19(22)16-31-9-11-32(12-10-31)23-6-2-5-21-26(23)28(35)33(27(21)34)8-7-18-3-1-4-20(30)13-18/h1-6,13-15H,7-12,16-17H2. The van der Waals surface area contributed by atoms with Gasteiger partial charge in [0.2, 0.25) is 6.79 Å². The number of anilines is 1. The number of nitrogens with zero attached hydrogens (tertiary/aromatic N) is 3. The Morgan fingerprint density at radius 2 is 1.65 bits per heavy atom. The van der Waals surface area contributed by atoms with E-state index in [9.17, 15) is 14.0 Å². The molecule has 3 aromatic carbocycles. The van der Waals surface area contributed by atoms with Gasteiger partial charge in [-0.3, -0.25) is 19.4 Å². The van der Waals surface area contributed by atoms with E-state index in [1.54, 1.807) is 24.3 Å². The van der Waals surface area contributed by atoms with Gasteiger partial charge in [-0.15, -0.1) is 0 Å². The van der Waals surface area contributed by atoms with E-state index < -0.39 is 0 Å². The summed E-state index contributed by atoms with van der Waals surface area (Å²) in [7, 11) is 0. The first-order valence-electron chi connectivity index (χ1n) is 12.3. The summed E-state index contributed by atoms with van der Waals surface area (Å²) in [5.74, 6) is 0.460. The highest BCUT2D eigenvalue weighted by atomic mass is 35.5. The van der Waals surface area contributed by atoms with E-state index in [1.165, 1.54) is 17.0 Å². The molecule has 1 fully saturated rings. The Bertz CT molecular complexity index is 1390. The molecule has 3 aliphatic rings. The van der Waals surface area contributed by atoms with Crippen LogP contribution in [-0.4, -0.2) is 61.1 Å². The van der Waals surface area contributed by atoms with E-state index in [0.29, 0.717) is 53.7 Å². The fourth-order valence-electron chi connectivity index (χ4n) is 5.18. The molecule has 0 aromatic heterocycles. The number of amides is 2. The molecule has 0 aliphatic carbocycles. The van der Waals surface area contributed by atoms with Crippen molar-refractivity contribution in [1.29, 1.82) is 0 Å². The first kappa shape index (κ1) is 23.8. The number of hydrogen-bond donors (Lipinski definition) is 0. The maximum atomic E-state index is 13.5. The van der Waals surface area contributed by atoms with Crippen LogP contribution in [0.25, 0.3) is 0 Å². The predicted molar refractivity (Wildman–Crippen MR) is 137 cm³/mol. The third kappa shape index (κ3) is 4.51. The number of fused-ring (bicyclic) bond motifs is 2. The van der Waals surface area contributed by atoms with Gasteiger partial charge >= 0.3 is 0 Å². The molecular weight excluding hydrogens is 497 g/mol. The number of carbonyl (C=O) groups excluding carboxylic acids is 2. The Morgan fingerprint density at radius 3 is 2.43 bits per heavy atom. The van der Waals surface area contributed by atoms with E-state index in [0.717, 1.165) is 29.9 Å². The number of benzene rings is 3. The monoisotopic (exact) mass is 521 g/mol. The average molecular weight is 522 g/mol. The van der Waals surface area contributed by atoms with Gasteiger partial charge in [-0.25, -0.2) is 4.39 Å². The van der Waals surface area contributed by atoms with E-state index in [-0.39, 0.29) is 31.0 Å². The molecule has 1 saturated heterocycles. The van der Waals surface area contributed by atoms with Gasteiger partial charge in [-0.1, -0.05) is 29.8 Å². The first-order chi connectivity index (χ1) is 18.0. The van der Waals surface area contributed by atoms with Crippen LogP contribution in [0.15, 0.2) is 54.6 Å². The Hall–Kier alpha value is -3.62. The second-order valence-electron chi connectivity index (χ2n) is 9.40. The highest BCUT2D eigenvalue weighted by molar-refractivity contribution is 6.31. The molecule has 9 heteroatoms. The van der Waals surface area contributed by atoms with Gasteiger partial charge in [-0.05, 0) is 47.9 Å². The van der Waals surface area contributed by atoms with Crippen LogP contribution >= 0.6 is 11.6 Å². The molecule has 0 bridgehead atoms. The van der Waals surface area contributed by atoms with Crippen molar-refractivity contribution in [2.24, 2.45) is 0 Å². The van der Waals surface area contributed by atoms with Gasteiger partial charge in [0.25, 0.3) is 11.8 Å². The minimum Gasteiger partial charge on any atom is -0.454 e. The normalized spacial score (nSPS) is 17.0. The lowest BCUT2D eigenvalue weighted by molar-refractivity contribution is 0.0656. The number of ether oxygens (including phenoxy) is 2. The zero-order valence-electron chi connectivity index (χ0n) is 20.1. The van der Waals surface area contributed by atoms with Crippen molar-refractivity contribution in [2.75, 3.05) is 44.4 Å². The smallest absolute Gasteiger partial charge is 0.263 e. The van der Waals surface area contributed by atoms with Crippen molar-refractivity contribution in [3.8, 4) is 11.5 Å². The molecule has 2 amide bonds. The summed E-state index contributed by atoms with van der Waals surface area (Å²) in [6, 6.07) is 15.4. The SMILES string of the molecule is O=C1c2cccc(N3CCN(Cc4cc5c(cc4Cl)OCO5)CC3)c2C(=O)N1CCc1cccc(F)c1. The predicted octanol–water partition coefficient (Wildman–Crippen LogP) is 4.37. The molecule has 0 saturated carbocycles. The number of hydrogen-bond acceptors (Lipinski definition) is 6. The van der Waals surface area contributed by atoms with Gasteiger partial charge in [0.05, 0.1) is 16.8 Å². The van der Waals surface area contributed by atoms with Gasteiger partial charge in [-0.2, -0.15) is 0 Å². The number of piperazine rings is 1. The zero-order chi connectivity index (χ0) is 25.5. The van der Waals surface area contributed by atoms with E-state index in [1.807, 2.05) is 18.2 Å². The molecule has 0 radical (unpaired) electrons. The van der Waals surface area contributed by atoms with E-state index >= 15 is 0 Å². The maximum Gasteiger partial charge on any atom is 0.263 e. The van der Waals surface area contributed by atoms with Crippen molar-refractivity contribution >= 4 is 29.1 Å². The van der Waals surface area contributed by atoms with Crippen molar-refractivity contribution in [2.45, 2.75) is 13.0 Å².